The summed E-state index contributed by atoms with van der Waals surface area (Å²) >= 11 is 0. The second-order valence-electron chi connectivity index (χ2n) is 5.76. The summed E-state index contributed by atoms with van der Waals surface area (Å²) in [7, 11) is 0. The normalized spacial score (nSPS) is 20.2. The largest absolute Gasteiger partial charge is 0.479 e. The lowest BCUT2D eigenvalue weighted by Crippen LogP contribution is -2.49. The second kappa shape index (κ2) is 5.91. The van der Waals surface area contributed by atoms with Gasteiger partial charge in [0.25, 0.3) is 5.91 Å². The van der Waals surface area contributed by atoms with E-state index in [1.165, 1.54) is 23.1 Å². The smallest absolute Gasteiger partial charge is 0.335 e. The minimum absolute atomic E-state index is 0.0494. The summed E-state index contributed by atoms with van der Waals surface area (Å²) in [6, 6.07) is 4.32. The zero-order valence-electron chi connectivity index (χ0n) is 12.8. The third-order valence-electron chi connectivity index (χ3n) is 4.17. The summed E-state index contributed by atoms with van der Waals surface area (Å²) < 4.78 is 5.51. The summed E-state index contributed by atoms with van der Waals surface area (Å²) in [5.41, 5.74) is 0.383. The first-order chi connectivity index (χ1) is 11.0. The van der Waals surface area contributed by atoms with Crippen molar-refractivity contribution in [2.45, 2.75) is 25.9 Å². The van der Waals surface area contributed by atoms with Crippen LogP contribution in [0.15, 0.2) is 18.2 Å². The molecule has 2 amide bonds. The van der Waals surface area contributed by atoms with E-state index in [0.29, 0.717) is 24.5 Å². The van der Waals surface area contributed by atoms with Gasteiger partial charge in [-0.25, -0.2) is 4.79 Å². The summed E-state index contributed by atoms with van der Waals surface area (Å²) in [5.74, 6) is -1.15. The van der Waals surface area contributed by atoms with Gasteiger partial charge in [-0.3, -0.25) is 14.5 Å². The number of fused-ring (bicyclic) bond motifs is 1. The van der Waals surface area contributed by atoms with E-state index in [-0.39, 0.29) is 23.9 Å². The molecule has 7 heteroatoms. The minimum Gasteiger partial charge on any atom is -0.479 e. The summed E-state index contributed by atoms with van der Waals surface area (Å²) in [6.07, 6.45) is 1.24. The second-order valence-corrected chi connectivity index (χ2v) is 5.76. The van der Waals surface area contributed by atoms with Crippen molar-refractivity contribution in [3.05, 3.63) is 23.8 Å². The number of hydrogen-bond donors (Lipinski definition) is 1. The van der Waals surface area contributed by atoms with Gasteiger partial charge in [-0.1, -0.05) is 0 Å². The number of nitrogens with zero attached hydrogens (tertiary/aromatic N) is 2. The van der Waals surface area contributed by atoms with Crippen LogP contribution in [0.1, 0.15) is 30.1 Å². The van der Waals surface area contributed by atoms with Gasteiger partial charge in [-0.2, -0.15) is 0 Å². The molecule has 23 heavy (non-hydrogen) atoms. The maximum atomic E-state index is 12.4. The Morgan fingerprint density at radius 1 is 1.30 bits per heavy atom. The van der Waals surface area contributed by atoms with Gasteiger partial charge in [0.15, 0.2) is 6.10 Å². The van der Waals surface area contributed by atoms with E-state index in [2.05, 4.69) is 0 Å². The Bertz CT molecular complexity index is 666. The number of amides is 2. The molecular weight excluding hydrogens is 300 g/mol. The number of aromatic carboxylic acids is 1. The number of rotatable bonds is 3. The Morgan fingerprint density at radius 2 is 2.00 bits per heavy atom. The molecule has 3 rings (SSSR count). The summed E-state index contributed by atoms with van der Waals surface area (Å²) in [5, 5.41) is 9.13. The lowest BCUT2D eigenvalue weighted by Gasteiger charge is -2.33. The molecule has 0 radical (unpaired) electrons. The third-order valence-corrected chi connectivity index (χ3v) is 4.17. The van der Waals surface area contributed by atoms with Gasteiger partial charge in [-0.05, 0) is 38.0 Å². The number of anilines is 1. The van der Waals surface area contributed by atoms with E-state index in [4.69, 9.17) is 9.84 Å². The maximum Gasteiger partial charge on any atom is 0.335 e. The van der Waals surface area contributed by atoms with Crippen LogP contribution in [0.25, 0.3) is 0 Å². The maximum absolute atomic E-state index is 12.4. The first-order valence-corrected chi connectivity index (χ1v) is 7.60. The van der Waals surface area contributed by atoms with Crippen LogP contribution in [0.2, 0.25) is 0 Å². The highest BCUT2D eigenvalue weighted by molar-refractivity contribution is 6.04. The Kier molecular flexibility index (Phi) is 3.94. The fourth-order valence-corrected chi connectivity index (χ4v) is 2.90. The van der Waals surface area contributed by atoms with Crippen molar-refractivity contribution >= 4 is 23.5 Å². The zero-order valence-corrected chi connectivity index (χ0v) is 12.8. The van der Waals surface area contributed by atoms with Crippen molar-refractivity contribution < 1.29 is 24.2 Å². The van der Waals surface area contributed by atoms with Crippen molar-refractivity contribution in [2.24, 2.45) is 0 Å². The van der Waals surface area contributed by atoms with Crippen LogP contribution in [0, 0.1) is 0 Å². The highest BCUT2D eigenvalue weighted by Gasteiger charge is 2.34. The van der Waals surface area contributed by atoms with E-state index >= 15 is 0 Å². The quantitative estimate of drug-likeness (QED) is 0.902. The standard InChI is InChI=1S/C16H18N2O5/c1-10-15(20)18(9-14(19)17-6-2-3-7-17)12-8-11(16(21)22)4-5-13(12)23-10/h4-5,8,10H,2-3,6-7,9H2,1H3,(H,21,22). The highest BCUT2D eigenvalue weighted by Crippen LogP contribution is 2.35. The molecule has 0 spiro atoms. The number of likely N-dealkylation sites (tertiary alicyclic amines) is 1. The van der Waals surface area contributed by atoms with Crippen LogP contribution >= 0.6 is 0 Å². The highest BCUT2D eigenvalue weighted by atomic mass is 16.5. The molecule has 1 atom stereocenters. The monoisotopic (exact) mass is 318 g/mol. The van der Waals surface area contributed by atoms with E-state index < -0.39 is 12.1 Å². The fraction of sp³-hybridized carbons (Fsp3) is 0.438. The molecule has 1 unspecified atom stereocenters. The molecule has 2 aliphatic rings. The van der Waals surface area contributed by atoms with Crippen LogP contribution in [-0.2, 0) is 9.59 Å². The van der Waals surface area contributed by atoms with Crippen LogP contribution in [0.4, 0.5) is 5.69 Å². The van der Waals surface area contributed by atoms with E-state index in [0.717, 1.165) is 12.8 Å². The van der Waals surface area contributed by atoms with Gasteiger partial charge in [-0.15, -0.1) is 0 Å². The predicted octanol–water partition coefficient (Wildman–Crippen LogP) is 1.12. The van der Waals surface area contributed by atoms with Crippen molar-refractivity contribution in [3.8, 4) is 5.75 Å². The lowest BCUT2D eigenvalue weighted by atomic mass is 10.1. The van der Waals surface area contributed by atoms with Gasteiger partial charge >= 0.3 is 5.97 Å². The molecule has 1 fully saturated rings. The SMILES string of the molecule is CC1Oc2ccc(C(=O)O)cc2N(CC(=O)N2CCCC2)C1=O. The van der Waals surface area contributed by atoms with Crippen molar-refractivity contribution in [2.75, 3.05) is 24.5 Å². The molecule has 1 N–H and O–H groups in total. The minimum atomic E-state index is -1.09. The van der Waals surface area contributed by atoms with E-state index in [9.17, 15) is 14.4 Å². The number of carbonyl (C=O) groups excluding carboxylic acids is 2. The van der Waals surface area contributed by atoms with Crippen molar-refractivity contribution in [1.82, 2.24) is 4.90 Å². The van der Waals surface area contributed by atoms with E-state index in [1.807, 2.05) is 0 Å². The molecule has 1 aromatic carbocycles. The molecule has 122 valence electrons. The number of hydrogen-bond acceptors (Lipinski definition) is 4. The molecule has 0 aromatic heterocycles. The molecular formula is C16H18N2O5. The van der Waals surface area contributed by atoms with Crippen LogP contribution in [0.3, 0.4) is 0 Å². The average molecular weight is 318 g/mol. The Balaban J connectivity index is 1.91. The van der Waals surface area contributed by atoms with Crippen molar-refractivity contribution in [1.29, 1.82) is 0 Å². The average Bonchev–Trinajstić information content (AvgIpc) is 3.05. The molecule has 2 heterocycles. The van der Waals surface area contributed by atoms with Crippen LogP contribution in [0.5, 0.6) is 5.75 Å². The van der Waals surface area contributed by atoms with E-state index in [1.54, 1.807) is 11.8 Å². The molecule has 1 saturated heterocycles. The van der Waals surface area contributed by atoms with Gasteiger partial charge in [0.1, 0.15) is 12.3 Å². The molecule has 2 aliphatic heterocycles. The molecule has 0 bridgehead atoms. The summed E-state index contributed by atoms with van der Waals surface area (Å²) in [4.78, 5) is 39.0. The van der Waals surface area contributed by atoms with Gasteiger partial charge < -0.3 is 14.7 Å². The zero-order chi connectivity index (χ0) is 16.6. The van der Waals surface area contributed by atoms with Crippen LogP contribution in [-0.4, -0.2) is 53.5 Å². The number of carboxylic acids is 1. The topological polar surface area (TPSA) is 87.2 Å². The summed E-state index contributed by atoms with van der Waals surface area (Å²) in [6.45, 7) is 2.93. The predicted molar refractivity (Wildman–Crippen MR) is 81.7 cm³/mol. The van der Waals surface area contributed by atoms with Gasteiger partial charge in [0.05, 0.1) is 11.3 Å². The molecule has 0 aliphatic carbocycles. The van der Waals surface area contributed by atoms with Crippen molar-refractivity contribution in [3.63, 3.8) is 0 Å². The first kappa shape index (κ1) is 15.3. The van der Waals surface area contributed by atoms with Crippen LogP contribution < -0.4 is 9.64 Å². The Labute approximate surface area is 133 Å². The lowest BCUT2D eigenvalue weighted by molar-refractivity contribution is -0.132. The third kappa shape index (κ3) is 2.86. The fourth-order valence-electron chi connectivity index (χ4n) is 2.90. The number of carbonyl (C=O) groups is 3. The van der Waals surface area contributed by atoms with Gasteiger partial charge in [0, 0.05) is 13.1 Å². The molecule has 0 saturated carbocycles. The number of carboxylic acid groups (broad SMARTS) is 1. The molecule has 7 nitrogen and oxygen atoms in total. The Morgan fingerprint density at radius 3 is 2.65 bits per heavy atom. The Hall–Kier alpha value is -2.57. The molecule has 1 aromatic rings. The van der Waals surface area contributed by atoms with Gasteiger partial charge in [0.2, 0.25) is 5.91 Å². The first-order valence-electron chi connectivity index (χ1n) is 7.60. The number of ether oxygens (including phenoxy) is 1. The number of benzene rings is 1.